The lowest BCUT2D eigenvalue weighted by Crippen LogP contribution is -2.08. The van der Waals surface area contributed by atoms with E-state index in [9.17, 15) is 9.59 Å². The van der Waals surface area contributed by atoms with Crippen LogP contribution >= 0.6 is 0 Å². The van der Waals surface area contributed by atoms with E-state index in [0.717, 1.165) is 16.5 Å². The molecule has 2 aromatic carbocycles. The number of aromatic amines is 1. The fourth-order valence-electron chi connectivity index (χ4n) is 2.73. The summed E-state index contributed by atoms with van der Waals surface area (Å²) < 4.78 is 10.6. The first-order chi connectivity index (χ1) is 13.6. The van der Waals surface area contributed by atoms with Gasteiger partial charge in [-0.15, -0.1) is 0 Å². The van der Waals surface area contributed by atoms with E-state index in [0.29, 0.717) is 11.3 Å². The van der Waals surface area contributed by atoms with Crippen molar-refractivity contribution < 1.29 is 14.3 Å². The molecule has 0 bridgehead atoms. The molecule has 3 aromatic rings. The van der Waals surface area contributed by atoms with Crippen molar-refractivity contribution >= 4 is 22.9 Å². The Labute approximate surface area is 161 Å². The molecular formula is C22H18N2O4. The standard InChI is InChI=1S/C22H18N2O4/c1-2-27-22(26)16(13-23)11-15-7-9-18(10-8-15)28-14-17-12-21(25)24-20-6-4-3-5-19(17)20/h3-12H,2,14H2,1H3,(H,24,25). The Morgan fingerprint density at radius 2 is 1.93 bits per heavy atom. The number of para-hydroxylation sites is 1. The highest BCUT2D eigenvalue weighted by Gasteiger charge is 2.09. The van der Waals surface area contributed by atoms with Crippen LogP contribution in [0.3, 0.4) is 0 Å². The SMILES string of the molecule is CCOC(=O)C(C#N)=Cc1ccc(OCc2cc(=O)[nH]c3ccccc23)cc1. The number of rotatable bonds is 6. The van der Waals surface area contributed by atoms with Crippen molar-refractivity contribution in [1.29, 1.82) is 5.26 Å². The molecule has 1 aromatic heterocycles. The van der Waals surface area contributed by atoms with Crippen molar-refractivity contribution in [2.75, 3.05) is 6.61 Å². The minimum atomic E-state index is -0.647. The molecule has 0 spiro atoms. The Morgan fingerprint density at radius 3 is 2.64 bits per heavy atom. The predicted molar refractivity (Wildman–Crippen MR) is 106 cm³/mol. The monoisotopic (exact) mass is 374 g/mol. The summed E-state index contributed by atoms with van der Waals surface area (Å²) in [6.07, 6.45) is 1.46. The number of nitrogens with zero attached hydrogens (tertiary/aromatic N) is 1. The average Bonchev–Trinajstić information content (AvgIpc) is 2.71. The number of hydrogen-bond acceptors (Lipinski definition) is 5. The van der Waals surface area contributed by atoms with Gasteiger partial charge in [-0.1, -0.05) is 30.3 Å². The van der Waals surface area contributed by atoms with Gasteiger partial charge in [0.2, 0.25) is 5.56 Å². The summed E-state index contributed by atoms with van der Waals surface area (Å²) in [5.41, 5.74) is 1.99. The van der Waals surface area contributed by atoms with E-state index in [-0.39, 0.29) is 24.3 Å². The Kier molecular flexibility index (Phi) is 5.87. The molecule has 1 heterocycles. The second kappa shape index (κ2) is 8.69. The van der Waals surface area contributed by atoms with Crippen LogP contribution in [0.5, 0.6) is 5.75 Å². The number of esters is 1. The Balaban J connectivity index is 1.75. The van der Waals surface area contributed by atoms with Gasteiger partial charge < -0.3 is 14.5 Å². The maximum atomic E-state index is 11.8. The summed E-state index contributed by atoms with van der Waals surface area (Å²) in [4.78, 5) is 26.3. The summed E-state index contributed by atoms with van der Waals surface area (Å²) in [6.45, 7) is 2.14. The Bertz CT molecular complexity index is 1120. The van der Waals surface area contributed by atoms with Crippen LogP contribution in [-0.4, -0.2) is 17.6 Å². The number of aromatic nitrogens is 1. The Hall–Kier alpha value is -3.85. The normalized spacial score (nSPS) is 11.1. The summed E-state index contributed by atoms with van der Waals surface area (Å²) in [5.74, 6) is -0.0392. The minimum absolute atomic E-state index is 0.0644. The van der Waals surface area contributed by atoms with Crippen LogP contribution in [0.4, 0.5) is 0 Å². The van der Waals surface area contributed by atoms with Crippen LogP contribution in [-0.2, 0) is 16.1 Å². The number of pyridine rings is 1. The van der Waals surface area contributed by atoms with E-state index >= 15 is 0 Å². The Morgan fingerprint density at radius 1 is 1.18 bits per heavy atom. The number of ether oxygens (including phenoxy) is 2. The van der Waals surface area contributed by atoms with E-state index in [4.69, 9.17) is 14.7 Å². The third kappa shape index (κ3) is 4.46. The number of H-pyrrole nitrogens is 1. The van der Waals surface area contributed by atoms with Crippen molar-refractivity contribution in [3.8, 4) is 11.8 Å². The lowest BCUT2D eigenvalue weighted by Gasteiger charge is -2.09. The van der Waals surface area contributed by atoms with Gasteiger partial charge in [-0.2, -0.15) is 5.26 Å². The number of carbonyl (C=O) groups excluding carboxylic acids is 1. The van der Waals surface area contributed by atoms with Crippen molar-refractivity contribution in [3.05, 3.63) is 81.7 Å². The number of nitrogens with one attached hydrogen (secondary N) is 1. The van der Waals surface area contributed by atoms with Crippen molar-refractivity contribution in [2.24, 2.45) is 0 Å². The second-order valence-electron chi connectivity index (χ2n) is 5.95. The third-order valence-electron chi connectivity index (χ3n) is 4.04. The quantitative estimate of drug-likeness (QED) is 0.404. The van der Waals surface area contributed by atoms with Crippen LogP contribution in [0.15, 0.2) is 65.0 Å². The van der Waals surface area contributed by atoms with Gasteiger partial charge in [0.05, 0.1) is 6.61 Å². The lowest BCUT2D eigenvalue weighted by atomic mass is 10.1. The largest absolute Gasteiger partial charge is 0.489 e. The maximum absolute atomic E-state index is 11.8. The van der Waals surface area contributed by atoms with Crippen LogP contribution in [0.25, 0.3) is 17.0 Å². The summed E-state index contributed by atoms with van der Waals surface area (Å²) >= 11 is 0. The summed E-state index contributed by atoms with van der Waals surface area (Å²) in [5, 5.41) is 10.0. The van der Waals surface area contributed by atoms with Gasteiger partial charge in [0.15, 0.2) is 0 Å². The van der Waals surface area contributed by atoms with Gasteiger partial charge in [0.25, 0.3) is 0 Å². The molecule has 0 aliphatic heterocycles. The molecule has 1 N–H and O–H groups in total. The van der Waals surface area contributed by atoms with Gasteiger partial charge in [-0.05, 0) is 36.8 Å². The lowest BCUT2D eigenvalue weighted by molar-refractivity contribution is -0.137. The molecular weight excluding hydrogens is 356 g/mol. The van der Waals surface area contributed by atoms with Gasteiger partial charge in [-0.3, -0.25) is 4.79 Å². The molecule has 0 atom stereocenters. The highest BCUT2D eigenvalue weighted by atomic mass is 16.5. The molecule has 0 radical (unpaired) electrons. The predicted octanol–water partition coefficient (Wildman–Crippen LogP) is 3.58. The average molecular weight is 374 g/mol. The first-order valence-corrected chi connectivity index (χ1v) is 8.73. The van der Waals surface area contributed by atoms with Gasteiger partial charge in [0.1, 0.15) is 24.0 Å². The van der Waals surface area contributed by atoms with E-state index in [1.807, 2.05) is 30.3 Å². The minimum Gasteiger partial charge on any atom is -0.489 e. The first kappa shape index (κ1) is 18.9. The topological polar surface area (TPSA) is 92.2 Å². The third-order valence-corrected chi connectivity index (χ3v) is 4.04. The molecule has 0 fully saturated rings. The number of fused-ring (bicyclic) bond motifs is 1. The summed E-state index contributed by atoms with van der Waals surface area (Å²) in [6, 6.07) is 17.9. The van der Waals surface area contributed by atoms with Crippen molar-refractivity contribution in [1.82, 2.24) is 4.98 Å². The summed E-state index contributed by atoms with van der Waals surface area (Å²) in [7, 11) is 0. The van der Waals surface area contributed by atoms with Gasteiger partial charge in [-0.25, -0.2) is 4.79 Å². The molecule has 0 amide bonds. The molecule has 0 aliphatic carbocycles. The van der Waals surface area contributed by atoms with Gasteiger partial charge >= 0.3 is 5.97 Å². The van der Waals surface area contributed by atoms with Gasteiger partial charge in [0, 0.05) is 22.5 Å². The van der Waals surface area contributed by atoms with Crippen LogP contribution in [0, 0.1) is 11.3 Å². The molecule has 0 saturated carbocycles. The molecule has 140 valence electrons. The molecule has 0 saturated heterocycles. The fraction of sp³-hybridized carbons (Fsp3) is 0.136. The highest BCUT2D eigenvalue weighted by molar-refractivity contribution is 5.97. The van der Waals surface area contributed by atoms with E-state index < -0.39 is 5.97 Å². The number of benzene rings is 2. The molecule has 0 aliphatic rings. The van der Waals surface area contributed by atoms with E-state index in [1.54, 1.807) is 31.2 Å². The van der Waals surface area contributed by atoms with Crippen molar-refractivity contribution in [3.63, 3.8) is 0 Å². The number of carbonyl (C=O) groups is 1. The van der Waals surface area contributed by atoms with E-state index in [1.165, 1.54) is 12.1 Å². The molecule has 6 nitrogen and oxygen atoms in total. The van der Waals surface area contributed by atoms with E-state index in [2.05, 4.69) is 4.98 Å². The number of hydrogen-bond donors (Lipinski definition) is 1. The van der Waals surface area contributed by atoms with Crippen molar-refractivity contribution in [2.45, 2.75) is 13.5 Å². The number of nitriles is 1. The molecule has 28 heavy (non-hydrogen) atoms. The van der Waals surface area contributed by atoms with Crippen LogP contribution < -0.4 is 10.3 Å². The second-order valence-corrected chi connectivity index (χ2v) is 5.95. The first-order valence-electron chi connectivity index (χ1n) is 8.73. The zero-order valence-corrected chi connectivity index (χ0v) is 15.3. The molecule has 6 heteroatoms. The zero-order valence-electron chi connectivity index (χ0n) is 15.3. The maximum Gasteiger partial charge on any atom is 0.348 e. The molecule has 0 unspecified atom stereocenters. The fourth-order valence-corrected chi connectivity index (χ4v) is 2.73. The zero-order chi connectivity index (χ0) is 19.9. The molecule has 3 rings (SSSR count). The van der Waals surface area contributed by atoms with Crippen LogP contribution in [0.1, 0.15) is 18.1 Å². The highest BCUT2D eigenvalue weighted by Crippen LogP contribution is 2.19. The smallest absolute Gasteiger partial charge is 0.348 e. The van der Waals surface area contributed by atoms with Crippen LogP contribution in [0.2, 0.25) is 0 Å².